The first-order valence-electron chi connectivity index (χ1n) is 6.88. The van der Waals surface area contributed by atoms with Crippen LogP contribution in [0.15, 0.2) is 24.4 Å². The molecule has 0 bridgehead atoms. The average Bonchev–Trinajstić information content (AvgIpc) is 2.66. The lowest BCUT2D eigenvalue weighted by Crippen LogP contribution is -2.35. The molecule has 1 amide bonds. The van der Waals surface area contributed by atoms with Crippen LogP contribution in [0.25, 0.3) is 11.0 Å². The molecule has 106 valence electrons. The van der Waals surface area contributed by atoms with Gasteiger partial charge in [-0.3, -0.25) is 4.79 Å². The molecular formula is C15H15N5O. The zero-order valence-corrected chi connectivity index (χ0v) is 11.7. The van der Waals surface area contributed by atoms with Crippen molar-refractivity contribution in [2.75, 3.05) is 18.0 Å². The zero-order chi connectivity index (χ0) is 14.8. The van der Waals surface area contributed by atoms with Crippen LogP contribution >= 0.6 is 0 Å². The molecule has 1 unspecified atom stereocenters. The monoisotopic (exact) mass is 281 g/mol. The molecule has 1 aliphatic heterocycles. The molecule has 1 atom stereocenters. The van der Waals surface area contributed by atoms with Gasteiger partial charge in [0.25, 0.3) is 0 Å². The normalized spacial score (nSPS) is 19.0. The smallest absolute Gasteiger partial charge is 0.222 e. The summed E-state index contributed by atoms with van der Waals surface area (Å²) in [5, 5.41) is 13.1. The van der Waals surface area contributed by atoms with E-state index in [0.29, 0.717) is 36.5 Å². The van der Waals surface area contributed by atoms with Crippen LogP contribution in [-0.2, 0) is 4.79 Å². The molecule has 6 nitrogen and oxygen atoms in total. The first-order valence-corrected chi connectivity index (χ1v) is 6.88. The van der Waals surface area contributed by atoms with E-state index in [1.807, 2.05) is 24.0 Å². The molecular weight excluding hydrogens is 266 g/mol. The number of hydrogen-bond donors (Lipinski definition) is 1. The van der Waals surface area contributed by atoms with Crippen LogP contribution in [0.1, 0.15) is 18.9 Å². The molecule has 0 spiro atoms. The largest absolute Gasteiger partial charge is 0.354 e. The molecule has 0 saturated carbocycles. The van der Waals surface area contributed by atoms with Gasteiger partial charge in [0.05, 0.1) is 5.56 Å². The van der Waals surface area contributed by atoms with Gasteiger partial charge >= 0.3 is 0 Å². The minimum Gasteiger partial charge on any atom is -0.354 e. The Kier molecular flexibility index (Phi) is 3.40. The average molecular weight is 281 g/mol. The van der Waals surface area contributed by atoms with E-state index in [1.54, 1.807) is 12.3 Å². The Morgan fingerprint density at radius 1 is 1.52 bits per heavy atom. The van der Waals surface area contributed by atoms with Gasteiger partial charge in [-0.2, -0.15) is 5.26 Å². The van der Waals surface area contributed by atoms with Gasteiger partial charge in [-0.1, -0.05) is 0 Å². The Morgan fingerprint density at radius 2 is 2.38 bits per heavy atom. The Bertz CT molecular complexity index is 736. The second kappa shape index (κ2) is 5.37. The van der Waals surface area contributed by atoms with E-state index in [-0.39, 0.29) is 11.9 Å². The number of carbonyl (C=O) groups is 1. The van der Waals surface area contributed by atoms with Crippen molar-refractivity contribution in [3.8, 4) is 6.07 Å². The Balaban J connectivity index is 2.10. The van der Waals surface area contributed by atoms with Gasteiger partial charge < -0.3 is 10.2 Å². The van der Waals surface area contributed by atoms with Crippen molar-refractivity contribution >= 4 is 22.8 Å². The summed E-state index contributed by atoms with van der Waals surface area (Å²) in [5.41, 5.74) is 1.12. The summed E-state index contributed by atoms with van der Waals surface area (Å²) in [6.07, 6.45) is 2.08. The highest BCUT2D eigenvalue weighted by atomic mass is 16.1. The van der Waals surface area contributed by atoms with Crippen LogP contribution in [0.2, 0.25) is 0 Å². The lowest BCUT2D eigenvalue weighted by Gasteiger charge is -2.28. The Labute approximate surface area is 122 Å². The molecule has 0 radical (unpaired) electrons. The summed E-state index contributed by atoms with van der Waals surface area (Å²) >= 11 is 0. The van der Waals surface area contributed by atoms with Crippen molar-refractivity contribution in [2.45, 2.75) is 19.4 Å². The number of pyridine rings is 2. The summed E-state index contributed by atoms with van der Waals surface area (Å²) in [7, 11) is 0. The number of rotatable bonds is 1. The number of nitriles is 1. The van der Waals surface area contributed by atoms with E-state index in [9.17, 15) is 10.1 Å². The zero-order valence-electron chi connectivity index (χ0n) is 11.7. The van der Waals surface area contributed by atoms with Crippen molar-refractivity contribution in [2.24, 2.45) is 0 Å². The number of amides is 1. The van der Waals surface area contributed by atoms with E-state index in [2.05, 4.69) is 21.4 Å². The van der Waals surface area contributed by atoms with Gasteiger partial charge in [0.2, 0.25) is 5.91 Å². The quantitative estimate of drug-likeness (QED) is 0.849. The van der Waals surface area contributed by atoms with Gasteiger partial charge in [-0.15, -0.1) is 0 Å². The molecule has 21 heavy (non-hydrogen) atoms. The van der Waals surface area contributed by atoms with Gasteiger partial charge in [-0.05, 0) is 25.1 Å². The lowest BCUT2D eigenvalue weighted by atomic mass is 10.1. The maximum atomic E-state index is 11.6. The summed E-state index contributed by atoms with van der Waals surface area (Å²) in [5.74, 6) is 0.634. The number of aromatic nitrogens is 2. The predicted molar refractivity (Wildman–Crippen MR) is 78.7 cm³/mol. The molecule has 1 aliphatic rings. The second-order valence-corrected chi connectivity index (χ2v) is 5.12. The van der Waals surface area contributed by atoms with Crippen molar-refractivity contribution in [1.82, 2.24) is 15.3 Å². The Morgan fingerprint density at radius 3 is 3.19 bits per heavy atom. The van der Waals surface area contributed by atoms with Crippen LogP contribution in [-0.4, -0.2) is 35.0 Å². The van der Waals surface area contributed by atoms with Crippen molar-refractivity contribution in [1.29, 1.82) is 5.26 Å². The van der Waals surface area contributed by atoms with Crippen molar-refractivity contribution in [3.63, 3.8) is 0 Å². The predicted octanol–water partition coefficient (Wildman–Crippen LogP) is 1.22. The van der Waals surface area contributed by atoms with Crippen LogP contribution in [0.3, 0.4) is 0 Å². The minimum atomic E-state index is -0.00624. The SMILES string of the molecule is CC1CC(=O)NCCN1c1nc2ncccc2cc1C#N. The van der Waals surface area contributed by atoms with Crippen LogP contribution in [0, 0.1) is 11.3 Å². The number of fused-ring (bicyclic) bond motifs is 1. The third kappa shape index (κ3) is 2.50. The fourth-order valence-corrected chi connectivity index (χ4v) is 2.60. The summed E-state index contributed by atoms with van der Waals surface area (Å²) in [4.78, 5) is 22.4. The van der Waals surface area contributed by atoms with E-state index < -0.39 is 0 Å². The highest BCUT2D eigenvalue weighted by molar-refractivity contribution is 5.81. The van der Waals surface area contributed by atoms with Crippen LogP contribution in [0.4, 0.5) is 5.82 Å². The topological polar surface area (TPSA) is 81.9 Å². The fourth-order valence-electron chi connectivity index (χ4n) is 2.60. The number of nitrogens with zero attached hydrogens (tertiary/aromatic N) is 4. The maximum Gasteiger partial charge on any atom is 0.222 e. The Hall–Kier alpha value is -2.68. The van der Waals surface area contributed by atoms with Gasteiger partial charge in [0.15, 0.2) is 5.65 Å². The fraction of sp³-hybridized carbons (Fsp3) is 0.333. The minimum absolute atomic E-state index is 0.00624. The van der Waals surface area contributed by atoms with Crippen LogP contribution < -0.4 is 10.2 Å². The van der Waals surface area contributed by atoms with E-state index in [1.165, 1.54) is 0 Å². The molecule has 2 aromatic rings. The molecule has 3 heterocycles. The summed E-state index contributed by atoms with van der Waals surface area (Å²) in [6.45, 7) is 3.15. The first-order chi connectivity index (χ1) is 10.2. The third-order valence-corrected chi connectivity index (χ3v) is 3.65. The molecule has 1 saturated heterocycles. The molecule has 1 fully saturated rings. The van der Waals surface area contributed by atoms with Gasteiger partial charge in [0.1, 0.15) is 11.9 Å². The van der Waals surface area contributed by atoms with Gasteiger partial charge in [-0.25, -0.2) is 9.97 Å². The number of carbonyl (C=O) groups excluding carboxylic acids is 1. The molecule has 0 aliphatic carbocycles. The number of nitrogens with one attached hydrogen (secondary N) is 1. The van der Waals surface area contributed by atoms with Crippen LogP contribution in [0.5, 0.6) is 0 Å². The summed E-state index contributed by atoms with van der Waals surface area (Å²) < 4.78 is 0. The van der Waals surface area contributed by atoms with Crippen molar-refractivity contribution in [3.05, 3.63) is 30.0 Å². The molecule has 6 heteroatoms. The lowest BCUT2D eigenvalue weighted by molar-refractivity contribution is -0.120. The highest BCUT2D eigenvalue weighted by Gasteiger charge is 2.24. The molecule has 3 rings (SSSR count). The molecule has 1 N–H and O–H groups in total. The maximum absolute atomic E-state index is 11.6. The second-order valence-electron chi connectivity index (χ2n) is 5.12. The molecule has 2 aromatic heterocycles. The van der Waals surface area contributed by atoms with E-state index in [4.69, 9.17) is 0 Å². The van der Waals surface area contributed by atoms with Gasteiger partial charge in [0, 0.05) is 37.1 Å². The first kappa shape index (κ1) is 13.3. The number of hydrogen-bond acceptors (Lipinski definition) is 5. The third-order valence-electron chi connectivity index (χ3n) is 3.65. The molecule has 0 aromatic carbocycles. The highest BCUT2D eigenvalue weighted by Crippen LogP contribution is 2.25. The van der Waals surface area contributed by atoms with E-state index in [0.717, 1.165) is 5.39 Å². The van der Waals surface area contributed by atoms with Crippen molar-refractivity contribution < 1.29 is 4.79 Å². The summed E-state index contributed by atoms with van der Waals surface area (Å²) in [6, 6.07) is 7.70. The standard InChI is InChI=1S/C15H15N5O/c1-10-7-13(21)17-5-6-20(10)15-12(9-16)8-11-3-2-4-18-14(11)19-15/h2-4,8,10H,5-7H2,1H3,(H,17,21). The van der Waals surface area contributed by atoms with E-state index >= 15 is 0 Å². The number of anilines is 1.